The second kappa shape index (κ2) is 6.16. The van der Waals surface area contributed by atoms with Crippen LogP contribution >= 0.6 is 0 Å². The average Bonchev–Trinajstić information content (AvgIpc) is 2.40. The summed E-state index contributed by atoms with van der Waals surface area (Å²) in [6, 6.07) is 2.99. The monoisotopic (exact) mass is 278 g/mol. The molecule has 0 radical (unpaired) electrons. The number of aromatic nitrogens is 2. The summed E-state index contributed by atoms with van der Waals surface area (Å²) >= 11 is 0. The summed E-state index contributed by atoms with van der Waals surface area (Å²) in [5.41, 5.74) is 0.143. The number of carbonyl (C=O) groups excluding carboxylic acids is 1. The van der Waals surface area contributed by atoms with Gasteiger partial charge in [0.1, 0.15) is 6.61 Å². The van der Waals surface area contributed by atoms with E-state index in [4.69, 9.17) is 14.2 Å². The Kier molecular flexibility index (Phi) is 4.31. The minimum absolute atomic E-state index is 0.180. The highest BCUT2D eigenvalue weighted by molar-refractivity contribution is 5.83. The van der Waals surface area contributed by atoms with Gasteiger partial charge in [-0.15, -0.1) is 0 Å². The SMILES string of the molecule is COCCOc1cc2nc[nH]c(=O)c2cc1OC(C)=O. The minimum atomic E-state index is -0.499. The molecule has 0 bridgehead atoms. The molecule has 0 saturated carbocycles. The van der Waals surface area contributed by atoms with Gasteiger partial charge in [0, 0.05) is 20.1 Å². The van der Waals surface area contributed by atoms with Crippen LogP contribution in [0.4, 0.5) is 0 Å². The molecule has 1 aromatic carbocycles. The molecule has 0 amide bonds. The van der Waals surface area contributed by atoms with Gasteiger partial charge in [-0.2, -0.15) is 0 Å². The van der Waals surface area contributed by atoms with Crippen molar-refractivity contribution in [3.63, 3.8) is 0 Å². The number of nitrogens with one attached hydrogen (secondary N) is 1. The van der Waals surface area contributed by atoms with Crippen LogP contribution < -0.4 is 15.0 Å². The molecule has 0 aliphatic heterocycles. The number of carbonyl (C=O) groups is 1. The first-order valence-corrected chi connectivity index (χ1v) is 5.93. The summed E-state index contributed by atoms with van der Waals surface area (Å²) in [5.74, 6) is 0.0173. The molecule has 0 unspecified atom stereocenters. The highest BCUT2D eigenvalue weighted by Crippen LogP contribution is 2.30. The van der Waals surface area contributed by atoms with Gasteiger partial charge in [-0.3, -0.25) is 9.59 Å². The molecule has 106 valence electrons. The van der Waals surface area contributed by atoms with Gasteiger partial charge in [-0.05, 0) is 6.07 Å². The Hall–Kier alpha value is -2.41. The van der Waals surface area contributed by atoms with Gasteiger partial charge in [0.2, 0.25) is 0 Å². The normalized spacial score (nSPS) is 10.5. The van der Waals surface area contributed by atoms with Crippen LogP contribution in [0.25, 0.3) is 10.9 Å². The molecule has 0 atom stereocenters. The maximum absolute atomic E-state index is 11.7. The second-order valence-corrected chi connectivity index (χ2v) is 3.98. The molecule has 0 fully saturated rings. The molecule has 7 heteroatoms. The lowest BCUT2D eigenvalue weighted by Crippen LogP contribution is -2.10. The number of nitrogens with zero attached hydrogens (tertiary/aromatic N) is 1. The van der Waals surface area contributed by atoms with E-state index in [9.17, 15) is 9.59 Å². The molecule has 0 saturated heterocycles. The highest BCUT2D eigenvalue weighted by Gasteiger charge is 2.12. The number of hydrogen-bond donors (Lipinski definition) is 1. The Balaban J connectivity index is 2.46. The van der Waals surface area contributed by atoms with Gasteiger partial charge in [0.15, 0.2) is 11.5 Å². The largest absolute Gasteiger partial charge is 0.487 e. The van der Waals surface area contributed by atoms with Gasteiger partial charge in [-0.25, -0.2) is 4.98 Å². The second-order valence-electron chi connectivity index (χ2n) is 3.98. The van der Waals surface area contributed by atoms with Crippen LogP contribution in [0.15, 0.2) is 23.3 Å². The highest BCUT2D eigenvalue weighted by atomic mass is 16.6. The van der Waals surface area contributed by atoms with E-state index in [2.05, 4.69) is 9.97 Å². The maximum atomic E-state index is 11.7. The topological polar surface area (TPSA) is 90.5 Å². The first-order chi connectivity index (χ1) is 9.61. The Morgan fingerprint density at radius 3 is 2.80 bits per heavy atom. The van der Waals surface area contributed by atoms with E-state index in [-0.39, 0.29) is 11.3 Å². The fourth-order valence-corrected chi connectivity index (χ4v) is 1.66. The lowest BCUT2D eigenvalue weighted by molar-refractivity contribution is -0.132. The zero-order chi connectivity index (χ0) is 14.5. The Morgan fingerprint density at radius 2 is 2.10 bits per heavy atom. The van der Waals surface area contributed by atoms with E-state index in [1.165, 1.54) is 19.3 Å². The van der Waals surface area contributed by atoms with Crippen molar-refractivity contribution in [1.29, 1.82) is 0 Å². The standard InChI is InChI=1S/C13H14N2O5/c1-8(16)20-12-5-9-10(14-7-15-13(9)17)6-11(12)19-4-3-18-2/h5-7H,3-4H2,1-2H3,(H,14,15,17). The number of benzene rings is 1. The molecule has 0 aliphatic rings. The van der Waals surface area contributed by atoms with E-state index in [0.29, 0.717) is 29.9 Å². The third-order valence-electron chi connectivity index (χ3n) is 2.50. The number of fused-ring (bicyclic) bond motifs is 1. The fraction of sp³-hybridized carbons (Fsp3) is 0.308. The predicted molar refractivity (Wildman–Crippen MR) is 71.0 cm³/mol. The van der Waals surface area contributed by atoms with Crippen molar-refractivity contribution in [2.24, 2.45) is 0 Å². The van der Waals surface area contributed by atoms with Crippen molar-refractivity contribution >= 4 is 16.9 Å². The summed E-state index contributed by atoms with van der Waals surface area (Å²) in [4.78, 5) is 29.3. The molecule has 0 spiro atoms. The lowest BCUT2D eigenvalue weighted by Gasteiger charge is -2.11. The first-order valence-electron chi connectivity index (χ1n) is 5.93. The number of ether oxygens (including phenoxy) is 3. The van der Waals surface area contributed by atoms with Crippen molar-refractivity contribution in [1.82, 2.24) is 9.97 Å². The summed E-state index contributed by atoms with van der Waals surface area (Å²) < 4.78 is 15.4. The van der Waals surface area contributed by atoms with Gasteiger partial charge < -0.3 is 19.2 Å². The molecule has 1 N–H and O–H groups in total. The van der Waals surface area contributed by atoms with E-state index >= 15 is 0 Å². The quantitative estimate of drug-likeness (QED) is 0.496. The summed E-state index contributed by atoms with van der Waals surface area (Å²) in [7, 11) is 1.55. The molecule has 2 aromatic rings. The number of esters is 1. The number of H-pyrrole nitrogens is 1. The van der Waals surface area contributed by atoms with E-state index in [0.717, 1.165) is 0 Å². The van der Waals surface area contributed by atoms with Crippen molar-refractivity contribution in [3.8, 4) is 11.5 Å². The smallest absolute Gasteiger partial charge is 0.308 e. The predicted octanol–water partition coefficient (Wildman–Crippen LogP) is 0.874. The van der Waals surface area contributed by atoms with E-state index in [1.807, 2.05) is 0 Å². The molecule has 20 heavy (non-hydrogen) atoms. The van der Waals surface area contributed by atoms with Crippen molar-refractivity contribution in [2.75, 3.05) is 20.3 Å². The third-order valence-corrected chi connectivity index (χ3v) is 2.50. The Bertz CT molecular complexity index is 680. The molecule has 0 aliphatic carbocycles. The number of methoxy groups -OCH3 is 1. The third kappa shape index (κ3) is 3.12. The minimum Gasteiger partial charge on any atom is -0.487 e. The zero-order valence-corrected chi connectivity index (χ0v) is 11.1. The molecule has 2 rings (SSSR count). The fourth-order valence-electron chi connectivity index (χ4n) is 1.66. The van der Waals surface area contributed by atoms with Crippen LogP contribution in [0.3, 0.4) is 0 Å². The average molecular weight is 278 g/mol. The summed E-state index contributed by atoms with van der Waals surface area (Å²) in [6.07, 6.45) is 1.30. The molecule has 7 nitrogen and oxygen atoms in total. The number of hydrogen-bond acceptors (Lipinski definition) is 6. The number of rotatable bonds is 5. The van der Waals surface area contributed by atoms with E-state index < -0.39 is 5.97 Å². The lowest BCUT2D eigenvalue weighted by atomic mass is 10.2. The van der Waals surface area contributed by atoms with Gasteiger partial charge in [-0.1, -0.05) is 0 Å². The van der Waals surface area contributed by atoms with Crippen molar-refractivity contribution in [2.45, 2.75) is 6.92 Å². The zero-order valence-electron chi connectivity index (χ0n) is 11.1. The molecular formula is C13H14N2O5. The van der Waals surface area contributed by atoms with Crippen molar-refractivity contribution < 1.29 is 19.0 Å². The molecular weight excluding hydrogens is 264 g/mol. The number of aromatic amines is 1. The van der Waals surface area contributed by atoms with Crippen LogP contribution in [-0.4, -0.2) is 36.3 Å². The van der Waals surface area contributed by atoms with Crippen LogP contribution in [0.2, 0.25) is 0 Å². The van der Waals surface area contributed by atoms with Gasteiger partial charge in [0.05, 0.1) is 23.8 Å². The van der Waals surface area contributed by atoms with Crippen LogP contribution in [0.5, 0.6) is 11.5 Å². The van der Waals surface area contributed by atoms with Crippen LogP contribution in [-0.2, 0) is 9.53 Å². The van der Waals surface area contributed by atoms with Crippen molar-refractivity contribution in [3.05, 3.63) is 28.8 Å². The maximum Gasteiger partial charge on any atom is 0.308 e. The summed E-state index contributed by atoms with van der Waals surface area (Å²) in [5, 5.41) is 0.322. The first kappa shape index (κ1) is 14.0. The van der Waals surface area contributed by atoms with Crippen LogP contribution in [0.1, 0.15) is 6.92 Å². The molecule has 1 heterocycles. The van der Waals surface area contributed by atoms with Gasteiger partial charge >= 0.3 is 5.97 Å². The summed E-state index contributed by atoms with van der Waals surface area (Å²) in [6.45, 7) is 1.95. The van der Waals surface area contributed by atoms with Crippen LogP contribution in [0, 0.1) is 0 Å². The Morgan fingerprint density at radius 1 is 1.30 bits per heavy atom. The van der Waals surface area contributed by atoms with E-state index in [1.54, 1.807) is 13.2 Å². The Labute approximate surface area is 114 Å². The van der Waals surface area contributed by atoms with Gasteiger partial charge in [0.25, 0.3) is 5.56 Å². The molecule has 1 aromatic heterocycles.